The van der Waals surface area contributed by atoms with Gasteiger partial charge in [0.25, 0.3) is 0 Å². The van der Waals surface area contributed by atoms with E-state index in [4.69, 9.17) is 27.9 Å². The van der Waals surface area contributed by atoms with E-state index in [2.05, 4.69) is 69.6 Å². The minimum Gasteiger partial charge on any atom is -0.497 e. The predicted molar refractivity (Wildman–Crippen MR) is 280 cm³/mol. The van der Waals surface area contributed by atoms with Gasteiger partial charge in [0.15, 0.2) is 11.6 Å². The number of ether oxygens (including phenoxy) is 1. The molecule has 2 saturated heterocycles. The zero-order valence-electron chi connectivity index (χ0n) is 40.6. The molecule has 23 heteroatoms. The van der Waals surface area contributed by atoms with Crippen molar-refractivity contribution in [3.05, 3.63) is 167 Å². The number of aromatic nitrogens is 6. The van der Waals surface area contributed by atoms with Crippen molar-refractivity contribution in [1.82, 2.24) is 39.7 Å². The number of nitrogens with one attached hydrogen (secondary N) is 3. The molecule has 2 fully saturated rings. The van der Waals surface area contributed by atoms with Crippen molar-refractivity contribution in [1.29, 1.82) is 0 Å². The van der Waals surface area contributed by atoms with Gasteiger partial charge >= 0.3 is 11.4 Å². The molecule has 378 valence electrons. The molecule has 0 bridgehead atoms. The van der Waals surface area contributed by atoms with Crippen LogP contribution in [0.15, 0.2) is 97.3 Å². The molecule has 2 aliphatic heterocycles. The molecule has 2 aliphatic rings. The van der Waals surface area contributed by atoms with Gasteiger partial charge in [0.05, 0.1) is 56.0 Å². The van der Waals surface area contributed by atoms with Crippen LogP contribution < -0.4 is 25.2 Å². The number of pyridine rings is 2. The number of aromatic amines is 1. The summed E-state index contributed by atoms with van der Waals surface area (Å²) in [7, 11) is 5.71. The maximum atomic E-state index is 13.6. The molecule has 9 rings (SSSR count). The fourth-order valence-electron chi connectivity index (χ4n) is 8.34. The summed E-state index contributed by atoms with van der Waals surface area (Å²) >= 11 is 12.6. The van der Waals surface area contributed by atoms with Crippen molar-refractivity contribution in [2.24, 2.45) is 0 Å². The number of ketones is 2. The number of anilines is 6. The number of halogens is 2. The molecular formula is C50H52Cl2N14O7. The summed E-state index contributed by atoms with van der Waals surface area (Å²) < 4.78 is 6.79. The molecule has 0 amide bonds. The normalized spacial score (nSPS) is 14.0. The van der Waals surface area contributed by atoms with Gasteiger partial charge < -0.3 is 35.0 Å². The lowest BCUT2D eigenvalue weighted by Crippen LogP contribution is -2.44. The van der Waals surface area contributed by atoms with Gasteiger partial charge in [0, 0.05) is 88.0 Å². The van der Waals surface area contributed by atoms with Gasteiger partial charge in [-0.3, -0.25) is 39.6 Å². The summed E-state index contributed by atoms with van der Waals surface area (Å²) in [6, 6.07) is 24.4. The second-order valence-corrected chi connectivity index (χ2v) is 18.3. The van der Waals surface area contributed by atoms with Crippen molar-refractivity contribution < 1.29 is 24.2 Å². The Bertz CT molecular complexity index is 3170. The van der Waals surface area contributed by atoms with Gasteiger partial charge in [0.1, 0.15) is 28.8 Å². The minimum atomic E-state index is -0.515. The second kappa shape index (κ2) is 22.6. The Morgan fingerprint density at radius 2 is 1.14 bits per heavy atom. The number of nitrogens with zero attached hydrogens (tertiary/aromatic N) is 11. The Morgan fingerprint density at radius 3 is 1.59 bits per heavy atom. The van der Waals surface area contributed by atoms with Crippen LogP contribution >= 0.6 is 23.2 Å². The molecule has 3 aromatic carbocycles. The Morgan fingerprint density at radius 1 is 0.671 bits per heavy atom. The molecule has 73 heavy (non-hydrogen) atoms. The number of likely N-dealkylation sites (N-methyl/N-ethyl adjacent to an activating group) is 2. The number of hydrogen-bond acceptors (Lipinski definition) is 17. The zero-order chi connectivity index (χ0) is 51.9. The van der Waals surface area contributed by atoms with Crippen LogP contribution in [0.1, 0.15) is 48.8 Å². The number of carbonyl (C=O) groups is 2. The molecule has 6 heterocycles. The lowest BCUT2D eigenvalue weighted by Gasteiger charge is -2.33. The monoisotopic (exact) mass is 1030 g/mol. The molecule has 0 saturated carbocycles. The summed E-state index contributed by atoms with van der Waals surface area (Å²) in [5.41, 5.74) is 3.05. The Balaban J connectivity index is 0.000000201. The zero-order valence-corrected chi connectivity index (χ0v) is 42.1. The number of hydrogen-bond donors (Lipinski definition) is 3. The number of benzene rings is 3. The highest BCUT2D eigenvalue weighted by atomic mass is 35.5. The van der Waals surface area contributed by atoms with Crippen LogP contribution in [0.4, 0.5) is 46.0 Å². The van der Waals surface area contributed by atoms with Crippen molar-refractivity contribution in [3.63, 3.8) is 0 Å². The van der Waals surface area contributed by atoms with E-state index in [1.54, 1.807) is 86.3 Å². The molecule has 4 aromatic heterocycles. The molecule has 7 aromatic rings. The van der Waals surface area contributed by atoms with Gasteiger partial charge in [-0.05, 0) is 69.9 Å². The highest BCUT2D eigenvalue weighted by Gasteiger charge is 2.29. The Labute approximate surface area is 430 Å². The number of H-pyrrole nitrogens is 1. The third-order valence-electron chi connectivity index (χ3n) is 12.6. The van der Waals surface area contributed by atoms with Crippen LogP contribution in [-0.2, 0) is 6.54 Å². The minimum absolute atomic E-state index is 0.0243. The molecule has 0 radical (unpaired) electrons. The van der Waals surface area contributed by atoms with Crippen LogP contribution in [0.2, 0.25) is 10.0 Å². The lowest BCUT2D eigenvalue weighted by molar-refractivity contribution is -0.384. The average molecular weight is 1030 g/mol. The van der Waals surface area contributed by atoms with E-state index in [9.17, 15) is 29.8 Å². The van der Waals surface area contributed by atoms with Gasteiger partial charge in [-0.1, -0.05) is 59.6 Å². The van der Waals surface area contributed by atoms with E-state index >= 15 is 0 Å². The smallest absolute Gasteiger partial charge is 0.334 e. The molecule has 0 spiro atoms. The summed E-state index contributed by atoms with van der Waals surface area (Å²) in [5, 5.41) is 41.6. The topological polar surface area (TPSA) is 239 Å². The number of carbonyl (C=O) groups excluding carboxylic acids is 2. The van der Waals surface area contributed by atoms with E-state index in [1.165, 1.54) is 12.4 Å². The standard InChI is InChI=1S/C29H30ClN7O4.C21H22ClN7O3/c1-19-27(37(39)40)29(33-36(19)18-20-8-10-21(41-3)11-9-20)32-25-16-26(35-14-12-34(2)13-15-35)31-17-23(25)28(38)22-6-4-5-7-24(22)30;1-13-19(29(31)32)21(26-25-13)24-17-11-18(28-9-7-27(2)8-10-28)23-12-15(17)20(30)14-5-3-4-6-16(14)22/h4-11,16-17H,12-15,18H2,1-3H3,(H,31,32,33);3-6,11-12H,7-10H2,1-2H3,(H2,23,24,25,26). The maximum Gasteiger partial charge on any atom is 0.334 e. The first kappa shape index (κ1) is 51.4. The first-order chi connectivity index (χ1) is 35.1. The fourth-order valence-corrected chi connectivity index (χ4v) is 8.78. The molecule has 0 unspecified atom stereocenters. The summed E-state index contributed by atoms with van der Waals surface area (Å²) in [6.45, 7) is 10.1. The first-order valence-corrected chi connectivity index (χ1v) is 23.9. The van der Waals surface area contributed by atoms with E-state index in [-0.39, 0.29) is 45.7 Å². The van der Waals surface area contributed by atoms with Crippen molar-refractivity contribution in [2.45, 2.75) is 20.4 Å². The van der Waals surface area contributed by atoms with Gasteiger partial charge in [-0.2, -0.15) is 0 Å². The van der Waals surface area contributed by atoms with E-state index in [0.29, 0.717) is 67.9 Å². The van der Waals surface area contributed by atoms with Crippen LogP contribution in [-0.4, -0.2) is 135 Å². The molecular weight excluding hydrogens is 980 g/mol. The molecule has 0 aliphatic carbocycles. The number of methoxy groups -OCH3 is 1. The number of aryl methyl sites for hydroxylation is 1. The third kappa shape index (κ3) is 11.7. The fraction of sp³-hybridized carbons (Fsp3) is 0.280. The van der Waals surface area contributed by atoms with Gasteiger partial charge in [-0.15, -0.1) is 10.2 Å². The lowest BCUT2D eigenvalue weighted by atomic mass is 10.0. The molecule has 3 N–H and O–H groups in total. The van der Waals surface area contributed by atoms with Crippen LogP contribution in [0.3, 0.4) is 0 Å². The maximum absolute atomic E-state index is 13.6. The third-order valence-corrected chi connectivity index (χ3v) is 13.3. The molecule has 0 atom stereocenters. The van der Waals surface area contributed by atoms with Crippen molar-refractivity contribution >= 4 is 80.8 Å². The van der Waals surface area contributed by atoms with Crippen LogP contribution in [0.5, 0.6) is 5.75 Å². The largest absolute Gasteiger partial charge is 0.497 e. The first-order valence-electron chi connectivity index (χ1n) is 23.1. The summed E-state index contributed by atoms with van der Waals surface area (Å²) in [6.07, 6.45) is 2.97. The Kier molecular flexibility index (Phi) is 15.9. The average Bonchev–Trinajstić information content (AvgIpc) is 3.91. The van der Waals surface area contributed by atoms with Crippen molar-refractivity contribution in [3.8, 4) is 5.75 Å². The predicted octanol–water partition coefficient (Wildman–Crippen LogP) is 8.33. The highest BCUT2D eigenvalue weighted by Crippen LogP contribution is 2.36. The van der Waals surface area contributed by atoms with Crippen LogP contribution in [0, 0.1) is 34.1 Å². The van der Waals surface area contributed by atoms with Crippen LogP contribution in [0.25, 0.3) is 0 Å². The SMILES string of the molecule is COc1ccc(Cn2nc(Nc3cc(N4CCN(C)CC4)ncc3C(=O)c3ccccc3Cl)c([N+](=O)[O-])c2C)cc1.Cc1[nH]nc(Nc2cc(N3CCN(C)CC3)ncc2C(=O)c2ccccc2Cl)c1[N+](=O)[O-]. The van der Waals surface area contributed by atoms with Gasteiger partial charge in [0.2, 0.25) is 11.6 Å². The second-order valence-electron chi connectivity index (χ2n) is 17.5. The number of piperazine rings is 2. The quantitative estimate of drug-likeness (QED) is 0.0497. The highest BCUT2D eigenvalue weighted by molar-refractivity contribution is 6.35. The molecule has 21 nitrogen and oxygen atoms in total. The van der Waals surface area contributed by atoms with E-state index in [1.807, 2.05) is 24.3 Å². The summed E-state index contributed by atoms with van der Waals surface area (Å²) in [4.78, 5) is 67.4. The van der Waals surface area contributed by atoms with Gasteiger partial charge in [-0.25, -0.2) is 9.97 Å². The Hall–Kier alpha value is -7.98. The van der Waals surface area contributed by atoms with E-state index in [0.717, 1.165) is 57.9 Å². The van der Waals surface area contributed by atoms with Crippen molar-refractivity contribution in [2.75, 3.05) is 94.0 Å². The number of rotatable bonds is 15. The number of nitro groups is 2. The summed E-state index contributed by atoms with van der Waals surface area (Å²) in [5.74, 6) is 1.40. The van der Waals surface area contributed by atoms with E-state index < -0.39 is 9.85 Å².